The standard InChI is InChI=1S/C27H16O2/c1-2-7-25-17-22(12-14-24(25)6-1)10-8-20-4-3-5-21(16-20)9-11-23-13-15-26-27(18-23)29-19-28-26/h1-7,12-18H,19H2. The van der Waals surface area contributed by atoms with Crippen molar-refractivity contribution in [1.82, 2.24) is 0 Å². The minimum absolute atomic E-state index is 0.268. The van der Waals surface area contributed by atoms with E-state index in [1.165, 1.54) is 10.8 Å². The highest BCUT2D eigenvalue weighted by Gasteiger charge is 2.12. The van der Waals surface area contributed by atoms with Crippen LogP contribution >= 0.6 is 0 Å². The normalized spacial score (nSPS) is 11.3. The van der Waals surface area contributed by atoms with Crippen molar-refractivity contribution in [2.45, 2.75) is 0 Å². The van der Waals surface area contributed by atoms with Crippen LogP contribution < -0.4 is 9.47 Å². The second-order valence-corrected chi connectivity index (χ2v) is 6.71. The maximum absolute atomic E-state index is 5.40. The Morgan fingerprint density at radius 3 is 1.90 bits per heavy atom. The summed E-state index contributed by atoms with van der Waals surface area (Å²) >= 11 is 0. The molecule has 0 amide bonds. The lowest BCUT2D eigenvalue weighted by Gasteiger charge is -1.97. The fourth-order valence-electron chi connectivity index (χ4n) is 3.20. The summed E-state index contributed by atoms with van der Waals surface area (Å²) in [5.41, 5.74) is 3.76. The highest BCUT2D eigenvalue weighted by molar-refractivity contribution is 5.83. The van der Waals surface area contributed by atoms with E-state index in [4.69, 9.17) is 9.47 Å². The average Bonchev–Trinajstić information content (AvgIpc) is 3.24. The van der Waals surface area contributed by atoms with Gasteiger partial charge in [-0.2, -0.15) is 0 Å². The van der Waals surface area contributed by atoms with Gasteiger partial charge in [-0.3, -0.25) is 0 Å². The van der Waals surface area contributed by atoms with E-state index in [1.54, 1.807) is 0 Å². The van der Waals surface area contributed by atoms with Crippen LogP contribution in [0.1, 0.15) is 22.3 Å². The second-order valence-electron chi connectivity index (χ2n) is 6.71. The molecule has 1 aliphatic heterocycles. The molecule has 29 heavy (non-hydrogen) atoms. The zero-order chi connectivity index (χ0) is 19.5. The summed E-state index contributed by atoms with van der Waals surface area (Å²) in [6, 6.07) is 28.3. The highest BCUT2D eigenvalue weighted by atomic mass is 16.7. The van der Waals surface area contributed by atoms with Gasteiger partial charge in [-0.25, -0.2) is 0 Å². The van der Waals surface area contributed by atoms with Crippen molar-refractivity contribution in [2.24, 2.45) is 0 Å². The summed E-state index contributed by atoms with van der Waals surface area (Å²) in [6.45, 7) is 0.268. The van der Waals surface area contributed by atoms with Gasteiger partial charge in [0, 0.05) is 22.3 Å². The van der Waals surface area contributed by atoms with E-state index < -0.39 is 0 Å². The molecule has 136 valence electrons. The van der Waals surface area contributed by atoms with Gasteiger partial charge in [0.05, 0.1) is 0 Å². The smallest absolute Gasteiger partial charge is 0.231 e. The first kappa shape index (κ1) is 17.0. The van der Waals surface area contributed by atoms with Crippen LogP contribution in [0.25, 0.3) is 10.8 Å². The van der Waals surface area contributed by atoms with Crippen LogP contribution in [0.5, 0.6) is 11.5 Å². The molecule has 1 heterocycles. The predicted octanol–water partition coefficient (Wildman–Crippen LogP) is 5.37. The Hall–Kier alpha value is -4.14. The summed E-state index contributed by atoms with van der Waals surface area (Å²) in [7, 11) is 0. The zero-order valence-electron chi connectivity index (χ0n) is 15.6. The van der Waals surface area contributed by atoms with Crippen molar-refractivity contribution in [1.29, 1.82) is 0 Å². The van der Waals surface area contributed by atoms with Crippen LogP contribution in [-0.4, -0.2) is 6.79 Å². The Balaban J connectivity index is 1.38. The molecule has 0 N–H and O–H groups in total. The van der Waals surface area contributed by atoms with E-state index in [2.05, 4.69) is 54.0 Å². The predicted molar refractivity (Wildman–Crippen MR) is 115 cm³/mol. The molecule has 2 heteroatoms. The number of fused-ring (bicyclic) bond motifs is 2. The molecule has 4 aromatic carbocycles. The molecule has 0 aromatic heterocycles. The highest BCUT2D eigenvalue weighted by Crippen LogP contribution is 2.32. The quantitative estimate of drug-likeness (QED) is 0.387. The fraction of sp³-hybridized carbons (Fsp3) is 0.0370. The molecule has 0 spiro atoms. The maximum Gasteiger partial charge on any atom is 0.231 e. The van der Waals surface area contributed by atoms with Crippen LogP contribution in [0, 0.1) is 23.7 Å². The lowest BCUT2D eigenvalue weighted by atomic mass is 10.1. The molecule has 0 fully saturated rings. The van der Waals surface area contributed by atoms with Gasteiger partial charge in [-0.15, -0.1) is 0 Å². The van der Waals surface area contributed by atoms with Crippen LogP contribution in [0.2, 0.25) is 0 Å². The molecule has 1 aliphatic rings. The van der Waals surface area contributed by atoms with Crippen molar-refractivity contribution in [3.63, 3.8) is 0 Å². The molecule has 2 nitrogen and oxygen atoms in total. The Kier molecular flexibility index (Phi) is 4.38. The Morgan fingerprint density at radius 2 is 1.10 bits per heavy atom. The van der Waals surface area contributed by atoms with Crippen molar-refractivity contribution in [3.8, 4) is 35.2 Å². The van der Waals surface area contributed by atoms with E-state index in [0.717, 1.165) is 33.8 Å². The topological polar surface area (TPSA) is 18.5 Å². The summed E-state index contributed by atoms with van der Waals surface area (Å²) < 4.78 is 10.7. The van der Waals surface area contributed by atoms with E-state index in [1.807, 2.05) is 54.6 Å². The lowest BCUT2D eigenvalue weighted by molar-refractivity contribution is 0.174. The van der Waals surface area contributed by atoms with Crippen LogP contribution in [-0.2, 0) is 0 Å². The Morgan fingerprint density at radius 1 is 0.483 bits per heavy atom. The van der Waals surface area contributed by atoms with Crippen molar-refractivity contribution >= 4 is 10.8 Å². The van der Waals surface area contributed by atoms with Crippen LogP contribution in [0.3, 0.4) is 0 Å². The van der Waals surface area contributed by atoms with Gasteiger partial charge in [0.2, 0.25) is 6.79 Å². The molecule has 0 saturated carbocycles. The van der Waals surface area contributed by atoms with Gasteiger partial charge in [-0.05, 0) is 59.3 Å². The molecule has 5 rings (SSSR count). The van der Waals surface area contributed by atoms with Crippen molar-refractivity contribution in [2.75, 3.05) is 6.79 Å². The van der Waals surface area contributed by atoms with Crippen molar-refractivity contribution in [3.05, 3.63) is 107 Å². The molecule has 0 radical (unpaired) electrons. The van der Waals surface area contributed by atoms with Crippen LogP contribution in [0.4, 0.5) is 0 Å². The van der Waals surface area contributed by atoms with Crippen LogP contribution in [0.15, 0.2) is 84.9 Å². The second kappa shape index (κ2) is 7.47. The van der Waals surface area contributed by atoms with E-state index >= 15 is 0 Å². The minimum atomic E-state index is 0.268. The van der Waals surface area contributed by atoms with Gasteiger partial charge in [0.1, 0.15) is 0 Å². The average molecular weight is 372 g/mol. The molecule has 0 aliphatic carbocycles. The van der Waals surface area contributed by atoms with E-state index in [9.17, 15) is 0 Å². The molecular formula is C27H16O2. The molecule has 0 saturated heterocycles. The van der Waals surface area contributed by atoms with E-state index in [0.29, 0.717) is 0 Å². The first-order chi connectivity index (χ1) is 14.3. The minimum Gasteiger partial charge on any atom is -0.454 e. The Labute approximate surface area is 169 Å². The number of hydrogen-bond donors (Lipinski definition) is 0. The molecular weight excluding hydrogens is 356 g/mol. The Bertz CT molecular complexity index is 1340. The molecule has 0 atom stereocenters. The summed E-state index contributed by atoms with van der Waals surface area (Å²) in [5.74, 6) is 14.4. The third kappa shape index (κ3) is 3.79. The number of benzene rings is 4. The third-order valence-corrected chi connectivity index (χ3v) is 4.69. The number of rotatable bonds is 0. The molecule has 0 unspecified atom stereocenters. The summed E-state index contributed by atoms with van der Waals surface area (Å²) in [6.07, 6.45) is 0. The van der Waals surface area contributed by atoms with Gasteiger partial charge >= 0.3 is 0 Å². The third-order valence-electron chi connectivity index (χ3n) is 4.69. The number of hydrogen-bond acceptors (Lipinski definition) is 2. The largest absolute Gasteiger partial charge is 0.454 e. The molecule has 0 bridgehead atoms. The molecule has 4 aromatic rings. The SMILES string of the molecule is C(#Cc1ccc2c(c1)OCO2)c1cccc(C#Cc2ccc3ccccc3c2)c1. The summed E-state index contributed by atoms with van der Waals surface area (Å²) in [4.78, 5) is 0. The van der Waals surface area contributed by atoms with Crippen molar-refractivity contribution < 1.29 is 9.47 Å². The lowest BCUT2D eigenvalue weighted by Crippen LogP contribution is -1.92. The van der Waals surface area contributed by atoms with E-state index in [-0.39, 0.29) is 6.79 Å². The van der Waals surface area contributed by atoms with Gasteiger partial charge in [0.15, 0.2) is 11.5 Å². The zero-order valence-corrected chi connectivity index (χ0v) is 15.6. The monoisotopic (exact) mass is 372 g/mol. The number of ether oxygens (including phenoxy) is 2. The maximum atomic E-state index is 5.40. The van der Waals surface area contributed by atoms with Gasteiger partial charge < -0.3 is 9.47 Å². The fourth-order valence-corrected chi connectivity index (χ4v) is 3.20. The van der Waals surface area contributed by atoms with Gasteiger partial charge in [0.25, 0.3) is 0 Å². The first-order valence-corrected chi connectivity index (χ1v) is 9.36. The summed E-state index contributed by atoms with van der Waals surface area (Å²) in [5, 5.41) is 2.42. The van der Waals surface area contributed by atoms with Gasteiger partial charge in [-0.1, -0.05) is 60.1 Å². The first-order valence-electron chi connectivity index (χ1n) is 9.36.